The normalized spacial score (nSPS) is 13.3. The Morgan fingerprint density at radius 3 is 2.19 bits per heavy atom. The predicted octanol–water partition coefficient (Wildman–Crippen LogP) is 4.26. The zero-order chi connectivity index (χ0) is 27.8. The van der Waals surface area contributed by atoms with Gasteiger partial charge in [0.25, 0.3) is 0 Å². The molecule has 2 unspecified atom stereocenters. The summed E-state index contributed by atoms with van der Waals surface area (Å²) in [6.45, 7) is 12.3. The first-order valence-corrected chi connectivity index (χ1v) is 12.6. The third-order valence-electron chi connectivity index (χ3n) is 6.10. The lowest BCUT2D eigenvalue weighted by molar-refractivity contribution is -0.150. The Morgan fingerprint density at radius 2 is 1.65 bits per heavy atom. The number of aryl methyl sites for hydroxylation is 1. The van der Waals surface area contributed by atoms with Gasteiger partial charge in [-0.05, 0) is 59.1 Å². The number of hydrogen-bond donors (Lipinski definition) is 3. The van der Waals surface area contributed by atoms with Crippen molar-refractivity contribution in [2.45, 2.75) is 84.7 Å². The molecule has 3 N–H and O–H groups in total. The second-order valence-electron chi connectivity index (χ2n) is 10.8. The molecule has 0 heterocycles. The van der Waals surface area contributed by atoms with Gasteiger partial charge in [-0.1, -0.05) is 67.1 Å². The number of aliphatic hydroxyl groups excluding tert-OH is 1. The molecule has 0 radical (unpaired) electrons. The van der Waals surface area contributed by atoms with Gasteiger partial charge in [0.15, 0.2) is 0 Å². The maximum Gasteiger partial charge on any atom is 0.408 e. The number of nitrogens with zero attached hydrogens (tertiary/aromatic N) is 1. The van der Waals surface area contributed by atoms with Crippen molar-refractivity contribution >= 4 is 17.9 Å². The third-order valence-corrected chi connectivity index (χ3v) is 6.10. The predicted molar refractivity (Wildman–Crippen MR) is 144 cm³/mol. The van der Waals surface area contributed by atoms with Crippen LogP contribution in [0.1, 0.15) is 70.7 Å². The highest BCUT2D eigenvalue weighted by Crippen LogP contribution is 2.32. The van der Waals surface area contributed by atoms with E-state index in [4.69, 9.17) is 4.74 Å². The highest BCUT2D eigenvalue weighted by molar-refractivity contribution is 5.92. The minimum absolute atomic E-state index is 0.288. The van der Waals surface area contributed by atoms with Crippen molar-refractivity contribution in [1.29, 1.82) is 0 Å². The van der Waals surface area contributed by atoms with Gasteiger partial charge in [0.05, 0.1) is 6.61 Å². The maximum atomic E-state index is 14.0. The van der Waals surface area contributed by atoms with Gasteiger partial charge in [-0.25, -0.2) is 4.79 Å². The maximum absolute atomic E-state index is 14.0. The van der Waals surface area contributed by atoms with Gasteiger partial charge in [0.2, 0.25) is 11.8 Å². The Hall–Kier alpha value is -3.39. The molecule has 0 bridgehead atoms. The molecule has 37 heavy (non-hydrogen) atoms. The van der Waals surface area contributed by atoms with E-state index in [0.717, 1.165) is 11.1 Å². The quantitative estimate of drug-likeness (QED) is 0.442. The molecule has 0 aliphatic heterocycles. The second-order valence-corrected chi connectivity index (χ2v) is 10.8. The van der Waals surface area contributed by atoms with Crippen molar-refractivity contribution < 1.29 is 24.2 Å². The van der Waals surface area contributed by atoms with Crippen molar-refractivity contribution in [3.05, 3.63) is 71.3 Å². The van der Waals surface area contributed by atoms with Crippen LogP contribution < -0.4 is 10.6 Å². The smallest absolute Gasteiger partial charge is 0.408 e. The molecule has 8 heteroatoms. The molecule has 0 fully saturated rings. The first kappa shape index (κ1) is 29.8. The van der Waals surface area contributed by atoms with E-state index in [1.807, 2.05) is 76.2 Å². The first-order chi connectivity index (χ1) is 17.3. The van der Waals surface area contributed by atoms with Crippen LogP contribution in [-0.4, -0.2) is 51.7 Å². The number of carbonyl (C=O) groups excluding carboxylic acids is 3. The Morgan fingerprint density at radius 1 is 1.00 bits per heavy atom. The standard InChI is InChI=1S/C29H41N3O5/c1-8-29(6,7)32(26(35)23(19-33)31-27(36)37-28(3,4)5)24(22-16-12-13-20(2)17-22)25(34)30-18-21-14-10-9-11-15-21/h9-17,23-24,33H,8,18-19H2,1-7H3,(H,30,34)(H,31,36). The zero-order valence-electron chi connectivity index (χ0n) is 23.0. The van der Waals surface area contributed by atoms with Crippen LogP contribution in [0.5, 0.6) is 0 Å². The van der Waals surface area contributed by atoms with Gasteiger partial charge in [-0.15, -0.1) is 0 Å². The van der Waals surface area contributed by atoms with E-state index in [9.17, 15) is 19.5 Å². The summed E-state index contributed by atoms with van der Waals surface area (Å²) in [7, 11) is 0. The summed E-state index contributed by atoms with van der Waals surface area (Å²) in [5.74, 6) is -0.945. The van der Waals surface area contributed by atoms with Crippen molar-refractivity contribution in [1.82, 2.24) is 15.5 Å². The van der Waals surface area contributed by atoms with Gasteiger partial charge >= 0.3 is 6.09 Å². The number of hydrogen-bond acceptors (Lipinski definition) is 5. The first-order valence-electron chi connectivity index (χ1n) is 12.6. The fourth-order valence-corrected chi connectivity index (χ4v) is 3.89. The van der Waals surface area contributed by atoms with Crippen LogP contribution in [0.2, 0.25) is 0 Å². The fraction of sp³-hybridized carbons (Fsp3) is 0.483. The second kappa shape index (κ2) is 12.7. The van der Waals surface area contributed by atoms with E-state index in [-0.39, 0.29) is 12.5 Å². The Balaban J connectivity index is 2.50. The van der Waals surface area contributed by atoms with Gasteiger partial charge < -0.3 is 25.4 Å². The average molecular weight is 512 g/mol. The van der Waals surface area contributed by atoms with Crippen LogP contribution in [-0.2, 0) is 20.9 Å². The Bertz CT molecular complexity index is 1060. The number of ether oxygens (including phenoxy) is 1. The summed E-state index contributed by atoms with van der Waals surface area (Å²) in [4.78, 5) is 41.7. The molecule has 0 spiro atoms. The number of alkyl carbamates (subject to hydrolysis) is 1. The van der Waals surface area contributed by atoms with Crippen LogP contribution in [0.4, 0.5) is 4.79 Å². The van der Waals surface area contributed by atoms with Crippen molar-refractivity contribution in [3.63, 3.8) is 0 Å². The van der Waals surface area contributed by atoms with E-state index in [2.05, 4.69) is 10.6 Å². The van der Waals surface area contributed by atoms with Crippen molar-refractivity contribution in [2.75, 3.05) is 6.61 Å². The van der Waals surface area contributed by atoms with E-state index in [0.29, 0.717) is 12.0 Å². The van der Waals surface area contributed by atoms with Gasteiger partial charge in [0.1, 0.15) is 17.7 Å². The largest absolute Gasteiger partial charge is 0.444 e. The van der Waals surface area contributed by atoms with E-state index in [1.165, 1.54) is 4.90 Å². The molecule has 2 atom stereocenters. The van der Waals surface area contributed by atoms with Crippen LogP contribution >= 0.6 is 0 Å². The van der Waals surface area contributed by atoms with E-state index < -0.39 is 41.8 Å². The molecular formula is C29H41N3O5. The highest BCUT2D eigenvalue weighted by atomic mass is 16.6. The number of benzene rings is 2. The zero-order valence-corrected chi connectivity index (χ0v) is 23.0. The Labute approximate surface area is 220 Å². The highest BCUT2D eigenvalue weighted by Gasteiger charge is 2.43. The molecule has 2 aromatic carbocycles. The van der Waals surface area contributed by atoms with Crippen LogP contribution in [0.15, 0.2) is 54.6 Å². The lowest BCUT2D eigenvalue weighted by atomic mass is 9.91. The van der Waals surface area contributed by atoms with Gasteiger partial charge in [-0.3, -0.25) is 9.59 Å². The third kappa shape index (κ3) is 8.60. The van der Waals surface area contributed by atoms with E-state index >= 15 is 0 Å². The Kier molecular flexibility index (Phi) is 10.3. The molecule has 3 amide bonds. The summed E-state index contributed by atoms with van der Waals surface area (Å²) in [6, 6.07) is 14.6. The average Bonchev–Trinajstić information content (AvgIpc) is 2.83. The van der Waals surface area contributed by atoms with Crippen molar-refractivity contribution in [2.24, 2.45) is 0 Å². The SMILES string of the molecule is CCC(C)(C)N(C(=O)C(CO)NC(=O)OC(C)(C)C)C(C(=O)NCc1ccccc1)c1cccc(C)c1. The molecule has 0 aliphatic carbocycles. The summed E-state index contributed by atoms with van der Waals surface area (Å²) in [5, 5.41) is 15.5. The summed E-state index contributed by atoms with van der Waals surface area (Å²) < 4.78 is 5.30. The van der Waals surface area contributed by atoms with Gasteiger partial charge in [-0.2, -0.15) is 0 Å². The van der Waals surface area contributed by atoms with Gasteiger partial charge in [0, 0.05) is 12.1 Å². The number of carbonyl (C=O) groups is 3. The molecule has 8 nitrogen and oxygen atoms in total. The number of aliphatic hydroxyl groups is 1. The molecule has 0 aliphatic rings. The molecular weight excluding hydrogens is 470 g/mol. The van der Waals surface area contributed by atoms with Crippen LogP contribution in [0.3, 0.4) is 0 Å². The summed E-state index contributed by atoms with van der Waals surface area (Å²) in [5.41, 5.74) is 0.918. The monoisotopic (exact) mass is 511 g/mol. The lowest BCUT2D eigenvalue weighted by Gasteiger charge is -2.44. The summed E-state index contributed by atoms with van der Waals surface area (Å²) >= 11 is 0. The molecule has 202 valence electrons. The van der Waals surface area contributed by atoms with E-state index in [1.54, 1.807) is 26.8 Å². The molecule has 2 aromatic rings. The topological polar surface area (TPSA) is 108 Å². The molecule has 0 saturated carbocycles. The summed E-state index contributed by atoms with van der Waals surface area (Å²) in [6.07, 6.45) is -0.299. The lowest BCUT2D eigenvalue weighted by Crippen LogP contribution is -2.60. The number of nitrogens with one attached hydrogen (secondary N) is 2. The van der Waals surface area contributed by atoms with Crippen LogP contribution in [0, 0.1) is 6.92 Å². The van der Waals surface area contributed by atoms with Crippen molar-refractivity contribution in [3.8, 4) is 0 Å². The minimum atomic E-state index is -1.30. The van der Waals surface area contributed by atoms with Crippen LogP contribution in [0.25, 0.3) is 0 Å². The number of amides is 3. The molecule has 0 saturated heterocycles. The number of rotatable bonds is 10. The minimum Gasteiger partial charge on any atom is -0.444 e. The fourth-order valence-electron chi connectivity index (χ4n) is 3.89. The molecule has 2 rings (SSSR count). The molecule has 0 aromatic heterocycles.